The van der Waals surface area contributed by atoms with Crippen molar-refractivity contribution >= 4 is 22.6 Å². The molecule has 0 amide bonds. The standard InChI is InChI=1S/C14H15ClN4/c1-9-5-4-6-12-13(9)17-14(10(2)15)19(12)11-7-16-18(3)8-11/h4-8,10H,1-3H3. The Kier molecular flexibility index (Phi) is 2.82. The lowest BCUT2D eigenvalue weighted by Gasteiger charge is -2.07. The molecule has 2 aromatic heterocycles. The Bertz CT molecular complexity index is 739. The van der Waals surface area contributed by atoms with E-state index in [1.165, 1.54) is 0 Å². The van der Waals surface area contributed by atoms with E-state index < -0.39 is 0 Å². The highest BCUT2D eigenvalue weighted by molar-refractivity contribution is 6.20. The largest absolute Gasteiger partial charge is 0.292 e. The molecule has 0 N–H and O–H groups in total. The Morgan fingerprint density at radius 3 is 2.74 bits per heavy atom. The lowest BCUT2D eigenvalue weighted by molar-refractivity contribution is 0.767. The molecule has 1 aromatic carbocycles. The van der Waals surface area contributed by atoms with Gasteiger partial charge >= 0.3 is 0 Å². The molecule has 1 unspecified atom stereocenters. The van der Waals surface area contributed by atoms with Crippen molar-refractivity contribution in [2.75, 3.05) is 0 Å². The molecular weight excluding hydrogens is 260 g/mol. The zero-order valence-corrected chi connectivity index (χ0v) is 11.9. The molecule has 0 aliphatic rings. The van der Waals surface area contributed by atoms with Gasteiger partial charge in [0.25, 0.3) is 0 Å². The summed E-state index contributed by atoms with van der Waals surface area (Å²) >= 11 is 6.28. The molecule has 0 radical (unpaired) electrons. The van der Waals surface area contributed by atoms with Crippen LogP contribution < -0.4 is 0 Å². The third-order valence-electron chi connectivity index (χ3n) is 3.22. The molecule has 0 aliphatic carbocycles. The van der Waals surface area contributed by atoms with Gasteiger partial charge in [-0.25, -0.2) is 4.98 Å². The Labute approximate surface area is 116 Å². The first-order chi connectivity index (χ1) is 9.08. The normalized spacial score (nSPS) is 13.1. The second-order valence-corrected chi connectivity index (χ2v) is 5.39. The SMILES string of the molecule is Cc1cccc2c1nc(C(C)Cl)n2-c1cnn(C)c1. The molecule has 0 aliphatic heterocycles. The molecule has 0 fully saturated rings. The van der Waals surface area contributed by atoms with Crippen molar-refractivity contribution in [1.82, 2.24) is 19.3 Å². The maximum atomic E-state index is 6.28. The zero-order chi connectivity index (χ0) is 13.6. The van der Waals surface area contributed by atoms with E-state index in [1.54, 1.807) is 4.68 Å². The summed E-state index contributed by atoms with van der Waals surface area (Å²) < 4.78 is 3.85. The fraction of sp³-hybridized carbons (Fsp3) is 0.286. The number of halogens is 1. The van der Waals surface area contributed by atoms with Crippen molar-refractivity contribution in [2.24, 2.45) is 7.05 Å². The molecule has 3 aromatic rings. The van der Waals surface area contributed by atoms with Crippen molar-refractivity contribution in [3.63, 3.8) is 0 Å². The number of rotatable bonds is 2. The lowest BCUT2D eigenvalue weighted by atomic mass is 10.2. The molecule has 0 saturated carbocycles. The summed E-state index contributed by atoms with van der Waals surface area (Å²) in [7, 11) is 1.90. The summed E-state index contributed by atoms with van der Waals surface area (Å²) in [6, 6.07) is 6.16. The van der Waals surface area contributed by atoms with Crippen molar-refractivity contribution < 1.29 is 0 Å². The second-order valence-electron chi connectivity index (χ2n) is 4.74. The van der Waals surface area contributed by atoms with Crippen LogP contribution in [0.5, 0.6) is 0 Å². The van der Waals surface area contributed by atoms with Gasteiger partial charge in [0.2, 0.25) is 0 Å². The lowest BCUT2D eigenvalue weighted by Crippen LogP contribution is -2.00. The third-order valence-corrected chi connectivity index (χ3v) is 3.41. The van der Waals surface area contributed by atoms with E-state index in [1.807, 2.05) is 32.4 Å². The van der Waals surface area contributed by atoms with Gasteiger partial charge in [-0.05, 0) is 25.5 Å². The average Bonchev–Trinajstić information content (AvgIpc) is 2.93. The van der Waals surface area contributed by atoms with Crippen LogP contribution in [0.1, 0.15) is 23.7 Å². The summed E-state index contributed by atoms with van der Waals surface area (Å²) in [5.41, 5.74) is 4.20. The molecule has 3 rings (SSSR count). The predicted octanol–water partition coefficient (Wildman–Crippen LogP) is 3.37. The van der Waals surface area contributed by atoms with Crippen LogP contribution in [0.25, 0.3) is 16.7 Å². The van der Waals surface area contributed by atoms with Crippen LogP contribution in [0, 0.1) is 6.92 Å². The monoisotopic (exact) mass is 274 g/mol. The van der Waals surface area contributed by atoms with Crippen molar-refractivity contribution in [3.8, 4) is 5.69 Å². The number of hydrogen-bond acceptors (Lipinski definition) is 2. The van der Waals surface area contributed by atoms with Crippen LogP contribution in [0.4, 0.5) is 0 Å². The van der Waals surface area contributed by atoms with Gasteiger partial charge < -0.3 is 0 Å². The van der Waals surface area contributed by atoms with Crippen molar-refractivity contribution in [3.05, 3.63) is 42.0 Å². The third kappa shape index (κ3) is 1.92. The van der Waals surface area contributed by atoms with Gasteiger partial charge in [0, 0.05) is 13.2 Å². The van der Waals surface area contributed by atoms with Gasteiger partial charge in [-0.3, -0.25) is 9.25 Å². The number of aryl methyl sites for hydroxylation is 2. The topological polar surface area (TPSA) is 35.6 Å². The number of fused-ring (bicyclic) bond motifs is 1. The Morgan fingerprint density at radius 2 is 2.11 bits per heavy atom. The summed E-state index contributed by atoms with van der Waals surface area (Å²) in [4.78, 5) is 4.69. The Morgan fingerprint density at radius 1 is 1.32 bits per heavy atom. The summed E-state index contributed by atoms with van der Waals surface area (Å²) in [6.45, 7) is 4.00. The zero-order valence-electron chi connectivity index (χ0n) is 11.1. The van der Waals surface area contributed by atoms with Crippen LogP contribution in [0.3, 0.4) is 0 Å². The molecule has 0 saturated heterocycles. The summed E-state index contributed by atoms with van der Waals surface area (Å²) in [5.74, 6) is 0.846. The molecule has 0 spiro atoms. The first-order valence-corrected chi connectivity index (χ1v) is 6.62. The maximum absolute atomic E-state index is 6.28. The number of alkyl halides is 1. The van der Waals surface area contributed by atoms with Crippen molar-refractivity contribution in [2.45, 2.75) is 19.2 Å². The fourth-order valence-electron chi connectivity index (χ4n) is 2.32. The van der Waals surface area contributed by atoms with E-state index >= 15 is 0 Å². The number of hydrogen-bond donors (Lipinski definition) is 0. The molecule has 4 nitrogen and oxygen atoms in total. The highest BCUT2D eigenvalue weighted by atomic mass is 35.5. The van der Waals surface area contributed by atoms with Gasteiger partial charge in [0.1, 0.15) is 5.82 Å². The number of imidazole rings is 1. The van der Waals surface area contributed by atoms with Gasteiger partial charge in [-0.15, -0.1) is 11.6 Å². The molecule has 5 heteroatoms. The van der Waals surface area contributed by atoms with Crippen LogP contribution in [-0.2, 0) is 7.05 Å². The number of benzene rings is 1. The fourth-order valence-corrected chi connectivity index (χ4v) is 2.47. The van der Waals surface area contributed by atoms with E-state index in [9.17, 15) is 0 Å². The van der Waals surface area contributed by atoms with E-state index in [0.717, 1.165) is 28.1 Å². The number of para-hydroxylation sites is 1. The quantitative estimate of drug-likeness (QED) is 0.672. The second kappa shape index (κ2) is 4.38. The molecule has 1 atom stereocenters. The van der Waals surface area contributed by atoms with E-state index in [2.05, 4.69) is 28.7 Å². The Hall–Kier alpha value is -1.81. The minimum absolute atomic E-state index is 0.160. The number of nitrogens with zero attached hydrogens (tertiary/aromatic N) is 4. The number of aromatic nitrogens is 4. The smallest absolute Gasteiger partial charge is 0.132 e. The molecule has 0 bridgehead atoms. The summed E-state index contributed by atoms with van der Waals surface area (Å²) in [5, 5.41) is 4.07. The molecule has 98 valence electrons. The van der Waals surface area contributed by atoms with E-state index in [-0.39, 0.29) is 5.38 Å². The van der Waals surface area contributed by atoms with E-state index in [0.29, 0.717) is 0 Å². The first kappa shape index (κ1) is 12.2. The van der Waals surface area contributed by atoms with Gasteiger partial charge in [-0.1, -0.05) is 12.1 Å². The first-order valence-electron chi connectivity index (χ1n) is 6.19. The highest BCUT2D eigenvalue weighted by Gasteiger charge is 2.17. The maximum Gasteiger partial charge on any atom is 0.132 e. The minimum Gasteiger partial charge on any atom is -0.292 e. The minimum atomic E-state index is -0.160. The van der Waals surface area contributed by atoms with Crippen LogP contribution in [0.15, 0.2) is 30.6 Å². The summed E-state index contributed by atoms with van der Waals surface area (Å²) in [6.07, 6.45) is 3.79. The van der Waals surface area contributed by atoms with Crippen molar-refractivity contribution in [1.29, 1.82) is 0 Å². The van der Waals surface area contributed by atoms with Gasteiger partial charge in [-0.2, -0.15) is 5.10 Å². The van der Waals surface area contributed by atoms with Crippen LogP contribution in [-0.4, -0.2) is 19.3 Å². The average molecular weight is 275 g/mol. The predicted molar refractivity (Wildman–Crippen MR) is 76.8 cm³/mol. The Balaban J connectivity index is 2.37. The molecule has 2 heterocycles. The van der Waals surface area contributed by atoms with E-state index in [4.69, 9.17) is 16.6 Å². The van der Waals surface area contributed by atoms with Crippen LogP contribution in [0.2, 0.25) is 0 Å². The van der Waals surface area contributed by atoms with Gasteiger partial charge in [0.15, 0.2) is 0 Å². The van der Waals surface area contributed by atoms with Gasteiger partial charge in [0.05, 0.1) is 28.3 Å². The molecular formula is C14H15ClN4. The highest BCUT2D eigenvalue weighted by Crippen LogP contribution is 2.29. The van der Waals surface area contributed by atoms with Crippen LogP contribution >= 0.6 is 11.6 Å². The molecule has 19 heavy (non-hydrogen) atoms.